The molecule has 0 aliphatic rings. The molecule has 0 amide bonds. The van der Waals surface area contributed by atoms with E-state index < -0.39 is 0 Å². The molecule has 1 rings (SSSR count). The van der Waals surface area contributed by atoms with E-state index in [0.717, 1.165) is 12.3 Å². The molecule has 0 N–H and O–H groups in total. The molecule has 4 heteroatoms. The van der Waals surface area contributed by atoms with Crippen LogP contribution in [0.2, 0.25) is 0 Å². The van der Waals surface area contributed by atoms with Gasteiger partial charge in [-0.15, -0.1) is 0 Å². The van der Waals surface area contributed by atoms with Gasteiger partial charge in [-0.2, -0.15) is 0 Å². The van der Waals surface area contributed by atoms with E-state index in [-0.39, 0.29) is 5.97 Å². The molecule has 0 radical (unpaired) electrons. The van der Waals surface area contributed by atoms with Gasteiger partial charge >= 0.3 is 5.97 Å². The predicted octanol–water partition coefficient (Wildman–Crippen LogP) is 2.08. The van der Waals surface area contributed by atoms with Crippen molar-refractivity contribution in [1.82, 2.24) is 4.90 Å². The van der Waals surface area contributed by atoms with E-state index >= 15 is 0 Å². The second-order valence-corrected chi connectivity index (χ2v) is 4.14. The SMILES string of the molecule is CCOC(=O)CCN(C)Cc1cccc(OC)c1. The van der Waals surface area contributed by atoms with E-state index in [0.29, 0.717) is 19.6 Å². The van der Waals surface area contributed by atoms with Crippen LogP contribution in [0.15, 0.2) is 24.3 Å². The minimum Gasteiger partial charge on any atom is -0.497 e. The van der Waals surface area contributed by atoms with Crippen LogP contribution < -0.4 is 4.74 Å². The summed E-state index contributed by atoms with van der Waals surface area (Å²) >= 11 is 0. The average Bonchev–Trinajstić information content (AvgIpc) is 2.37. The van der Waals surface area contributed by atoms with Crippen molar-refractivity contribution in [1.29, 1.82) is 0 Å². The molecule has 0 heterocycles. The zero-order valence-corrected chi connectivity index (χ0v) is 11.3. The Morgan fingerprint density at radius 1 is 1.39 bits per heavy atom. The number of nitrogens with zero attached hydrogens (tertiary/aromatic N) is 1. The van der Waals surface area contributed by atoms with Crippen LogP contribution in [-0.2, 0) is 16.1 Å². The van der Waals surface area contributed by atoms with Crippen LogP contribution in [0, 0.1) is 0 Å². The summed E-state index contributed by atoms with van der Waals surface area (Å²) < 4.78 is 10.1. The molecule has 0 aliphatic carbocycles. The highest BCUT2D eigenvalue weighted by Gasteiger charge is 2.06. The Labute approximate surface area is 108 Å². The highest BCUT2D eigenvalue weighted by molar-refractivity contribution is 5.69. The van der Waals surface area contributed by atoms with Gasteiger partial charge in [-0.1, -0.05) is 12.1 Å². The van der Waals surface area contributed by atoms with E-state index in [1.54, 1.807) is 7.11 Å². The zero-order valence-electron chi connectivity index (χ0n) is 11.3. The number of hydrogen-bond donors (Lipinski definition) is 0. The maximum atomic E-state index is 11.2. The molecule has 0 saturated heterocycles. The third kappa shape index (κ3) is 5.19. The van der Waals surface area contributed by atoms with Crippen LogP contribution in [0.3, 0.4) is 0 Å². The number of rotatable bonds is 7. The first-order chi connectivity index (χ1) is 8.65. The Morgan fingerprint density at radius 3 is 2.83 bits per heavy atom. The van der Waals surface area contributed by atoms with E-state index in [1.807, 2.05) is 38.2 Å². The van der Waals surface area contributed by atoms with Crippen molar-refractivity contribution in [3.63, 3.8) is 0 Å². The fourth-order valence-corrected chi connectivity index (χ4v) is 1.68. The summed E-state index contributed by atoms with van der Waals surface area (Å²) in [5.74, 6) is 0.710. The molecule has 0 aliphatic heterocycles. The lowest BCUT2D eigenvalue weighted by atomic mass is 10.2. The van der Waals surface area contributed by atoms with Crippen LogP contribution >= 0.6 is 0 Å². The first-order valence-corrected chi connectivity index (χ1v) is 6.12. The zero-order chi connectivity index (χ0) is 13.4. The van der Waals surface area contributed by atoms with Crippen LogP contribution in [0.5, 0.6) is 5.75 Å². The van der Waals surface area contributed by atoms with Crippen molar-refractivity contribution in [2.45, 2.75) is 19.9 Å². The van der Waals surface area contributed by atoms with Gasteiger partial charge in [-0.25, -0.2) is 0 Å². The molecule has 0 bridgehead atoms. The van der Waals surface area contributed by atoms with E-state index in [1.165, 1.54) is 5.56 Å². The summed E-state index contributed by atoms with van der Waals surface area (Å²) in [5, 5.41) is 0. The Morgan fingerprint density at radius 2 is 2.17 bits per heavy atom. The summed E-state index contributed by atoms with van der Waals surface area (Å²) in [6.45, 7) is 3.74. The van der Waals surface area contributed by atoms with E-state index in [2.05, 4.69) is 4.90 Å². The summed E-state index contributed by atoms with van der Waals surface area (Å²) in [5.41, 5.74) is 1.17. The largest absolute Gasteiger partial charge is 0.497 e. The van der Waals surface area contributed by atoms with Gasteiger partial charge in [0.2, 0.25) is 0 Å². The van der Waals surface area contributed by atoms with Crippen molar-refractivity contribution in [2.75, 3.05) is 27.3 Å². The monoisotopic (exact) mass is 251 g/mol. The molecule has 1 aromatic carbocycles. The van der Waals surface area contributed by atoms with Gasteiger partial charge < -0.3 is 14.4 Å². The maximum Gasteiger partial charge on any atom is 0.307 e. The molecule has 0 saturated carbocycles. The number of carbonyl (C=O) groups excluding carboxylic acids is 1. The van der Waals surface area contributed by atoms with Crippen molar-refractivity contribution in [3.05, 3.63) is 29.8 Å². The molecule has 100 valence electrons. The predicted molar refractivity (Wildman–Crippen MR) is 70.6 cm³/mol. The number of carbonyl (C=O) groups is 1. The third-order valence-electron chi connectivity index (χ3n) is 2.59. The first-order valence-electron chi connectivity index (χ1n) is 6.12. The number of benzene rings is 1. The lowest BCUT2D eigenvalue weighted by Crippen LogP contribution is -2.22. The summed E-state index contributed by atoms with van der Waals surface area (Å²) in [6, 6.07) is 7.93. The number of methoxy groups -OCH3 is 1. The van der Waals surface area contributed by atoms with Crippen molar-refractivity contribution in [2.24, 2.45) is 0 Å². The van der Waals surface area contributed by atoms with Gasteiger partial charge in [0.15, 0.2) is 0 Å². The van der Waals surface area contributed by atoms with Crippen molar-refractivity contribution in [3.8, 4) is 5.75 Å². The topological polar surface area (TPSA) is 38.8 Å². The fourth-order valence-electron chi connectivity index (χ4n) is 1.68. The summed E-state index contributed by atoms with van der Waals surface area (Å²) in [6.07, 6.45) is 0.425. The highest BCUT2D eigenvalue weighted by atomic mass is 16.5. The Bertz CT molecular complexity index is 379. The van der Waals surface area contributed by atoms with Crippen LogP contribution in [0.1, 0.15) is 18.9 Å². The average molecular weight is 251 g/mol. The molecule has 1 aromatic rings. The normalized spacial score (nSPS) is 10.4. The number of ether oxygens (including phenoxy) is 2. The third-order valence-corrected chi connectivity index (χ3v) is 2.59. The minimum absolute atomic E-state index is 0.144. The second kappa shape index (κ2) is 7.71. The fraction of sp³-hybridized carbons (Fsp3) is 0.500. The van der Waals surface area contributed by atoms with Gasteiger partial charge in [0, 0.05) is 13.1 Å². The minimum atomic E-state index is -0.144. The Kier molecular flexibility index (Phi) is 6.22. The molecule has 4 nitrogen and oxygen atoms in total. The number of hydrogen-bond acceptors (Lipinski definition) is 4. The molecule has 0 spiro atoms. The van der Waals surface area contributed by atoms with Gasteiger partial charge in [0.25, 0.3) is 0 Å². The first kappa shape index (κ1) is 14.5. The van der Waals surface area contributed by atoms with Crippen LogP contribution in [-0.4, -0.2) is 38.2 Å². The molecular formula is C14H21NO3. The highest BCUT2D eigenvalue weighted by Crippen LogP contribution is 2.13. The second-order valence-electron chi connectivity index (χ2n) is 4.14. The number of esters is 1. The molecule has 0 unspecified atom stereocenters. The van der Waals surface area contributed by atoms with Crippen LogP contribution in [0.25, 0.3) is 0 Å². The summed E-state index contributed by atoms with van der Waals surface area (Å²) in [4.78, 5) is 13.3. The molecular weight excluding hydrogens is 230 g/mol. The van der Waals surface area contributed by atoms with E-state index in [9.17, 15) is 4.79 Å². The van der Waals surface area contributed by atoms with Crippen LogP contribution in [0.4, 0.5) is 0 Å². The van der Waals surface area contributed by atoms with Gasteiger partial charge in [0.05, 0.1) is 20.1 Å². The Balaban J connectivity index is 2.39. The van der Waals surface area contributed by atoms with Crippen molar-refractivity contribution < 1.29 is 14.3 Å². The molecule has 0 atom stereocenters. The van der Waals surface area contributed by atoms with E-state index in [4.69, 9.17) is 9.47 Å². The maximum absolute atomic E-state index is 11.2. The standard InChI is InChI=1S/C14H21NO3/c1-4-18-14(16)8-9-15(2)11-12-6-5-7-13(10-12)17-3/h5-7,10H,4,8-9,11H2,1-3H3. The van der Waals surface area contributed by atoms with Crippen molar-refractivity contribution >= 4 is 5.97 Å². The molecule has 0 aromatic heterocycles. The lowest BCUT2D eigenvalue weighted by Gasteiger charge is -2.16. The molecule has 18 heavy (non-hydrogen) atoms. The summed E-state index contributed by atoms with van der Waals surface area (Å²) in [7, 11) is 3.64. The van der Waals surface area contributed by atoms with Gasteiger partial charge in [-0.05, 0) is 31.7 Å². The smallest absolute Gasteiger partial charge is 0.307 e. The Hall–Kier alpha value is -1.55. The quantitative estimate of drug-likeness (QED) is 0.695. The van der Waals surface area contributed by atoms with Gasteiger partial charge in [-0.3, -0.25) is 4.79 Å². The molecule has 0 fully saturated rings. The lowest BCUT2D eigenvalue weighted by molar-refractivity contribution is -0.143. The van der Waals surface area contributed by atoms with Gasteiger partial charge in [0.1, 0.15) is 5.75 Å².